The van der Waals surface area contributed by atoms with E-state index >= 15 is 0 Å². The van der Waals surface area contributed by atoms with Gasteiger partial charge < -0.3 is 20.1 Å². The number of nitrogens with one attached hydrogen (secondary N) is 2. The number of benzene rings is 2. The Balaban J connectivity index is 1.97. The minimum atomic E-state index is -0.570. The van der Waals surface area contributed by atoms with Gasteiger partial charge in [-0.05, 0) is 48.7 Å². The molecule has 0 atom stereocenters. The van der Waals surface area contributed by atoms with Crippen molar-refractivity contribution >= 4 is 5.96 Å². The standard InChI is InChI=1S/C20H25F2N3O2/c1-4-23-20(24-8-7-14-9-16(21)12-17(22)10-14)25-13-15-5-6-18(26-2)19(11-15)27-3/h5-6,9-12H,4,7-8,13H2,1-3H3,(H2,23,24,25). The number of halogens is 2. The van der Waals surface area contributed by atoms with Crippen LogP contribution >= 0.6 is 0 Å². The van der Waals surface area contributed by atoms with Crippen molar-refractivity contribution < 1.29 is 18.3 Å². The number of methoxy groups -OCH3 is 2. The summed E-state index contributed by atoms with van der Waals surface area (Å²) in [7, 11) is 3.18. The van der Waals surface area contributed by atoms with E-state index < -0.39 is 11.6 Å². The summed E-state index contributed by atoms with van der Waals surface area (Å²) in [6.07, 6.45) is 0.482. The van der Waals surface area contributed by atoms with E-state index in [0.717, 1.165) is 11.6 Å². The van der Waals surface area contributed by atoms with Crippen LogP contribution in [-0.4, -0.2) is 33.3 Å². The molecule has 0 saturated carbocycles. The first-order valence-electron chi connectivity index (χ1n) is 8.73. The summed E-state index contributed by atoms with van der Waals surface area (Å²) in [6, 6.07) is 9.16. The van der Waals surface area contributed by atoms with Gasteiger partial charge in [-0.1, -0.05) is 6.07 Å². The molecule has 0 aliphatic rings. The molecule has 2 rings (SSSR count). The Morgan fingerprint density at radius 2 is 1.63 bits per heavy atom. The SMILES string of the molecule is CCNC(=NCc1ccc(OC)c(OC)c1)NCCc1cc(F)cc(F)c1. The molecule has 0 saturated heterocycles. The van der Waals surface area contributed by atoms with Crippen LogP contribution in [0.25, 0.3) is 0 Å². The fraction of sp³-hybridized carbons (Fsp3) is 0.350. The molecule has 2 N–H and O–H groups in total. The molecule has 2 aromatic carbocycles. The van der Waals surface area contributed by atoms with Crippen LogP contribution in [-0.2, 0) is 13.0 Å². The van der Waals surface area contributed by atoms with Gasteiger partial charge in [-0.3, -0.25) is 0 Å². The predicted octanol–water partition coefficient (Wildman–Crippen LogP) is 3.28. The van der Waals surface area contributed by atoms with Gasteiger partial charge in [-0.15, -0.1) is 0 Å². The van der Waals surface area contributed by atoms with E-state index in [9.17, 15) is 8.78 Å². The third-order valence-corrected chi connectivity index (χ3v) is 3.84. The van der Waals surface area contributed by atoms with E-state index in [0.29, 0.717) is 49.1 Å². The van der Waals surface area contributed by atoms with Gasteiger partial charge >= 0.3 is 0 Å². The highest BCUT2D eigenvalue weighted by Crippen LogP contribution is 2.27. The van der Waals surface area contributed by atoms with Crippen molar-refractivity contribution in [3.05, 3.63) is 59.2 Å². The highest BCUT2D eigenvalue weighted by atomic mass is 19.1. The highest BCUT2D eigenvalue weighted by molar-refractivity contribution is 5.79. The molecule has 146 valence electrons. The largest absolute Gasteiger partial charge is 0.493 e. The van der Waals surface area contributed by atoms with Gasteiger partial charge in [0.1, 0.15) is 11.6 Å². The second-order valence-electron chi connectivity index (χ2n) is 5.84. The van der Waals surface area contributed by atoms with Crippen LogP contribution in [0.1, 0.15) is 18.1 Å². The highest BCUT2D eigenvalue weighted by Gasteiger charge is 2.05. The molecule has 0 aromatic heterocycles. The molecule has 0 heterocycles. The molecule has 0 radical (unpaired) electrons. The number of hydrogen-bond acceptors (Lipinski definition) is 3. The summed E-state index contributed by atoms with van der Waals surface area (Å²) in [5, 5.41) is 6.32. The second kappa shape index (κ2) is 10.4. The zero-order valence-corrected chi connectivity index (χ0v) is 15.8. The molecular weight excluding hydrogens is 352 g/mol. The van der Waals surface area contributed by atoms with Crippen LogP contribution in [0.15, 0.2) is 41.4 Å². The van der Waals surface area contributed by atoms with Gasteiger partial charge in [0, 0.05) is 19.2 Å². The lowest BCUT2D eigenvalue weighted by Crippen LogP contribution is -2.38. The number of ether oxygens (including phenoxy) is 2. The summed E-state index contributed by atoms with van der Waals surface area (Å²) in [5.41, 5.74) is 1.56. The van der Waals surface area contributed by atoms with Gasteiger partial charge in [0.15, 0.2) is 17.5 Å². The molecule has 0 fully saturated rings. The molecule has 0 aliphatic heterocycles. The summed E-state index contributed by atoms with van der Waals surface area (Å²) in [4.78, 5) is 4.53. The molecule has 7 heteroatoms. The maximum Gasteiger partial charge on any atom is 0.191 e. The topological polar surface area (TPSA) is 54.9 Å². The van der Waals surface area contributed by atoms with Crippen LogP contribution in [0.4, 0.5) is 8.78 Å². The van der Waals surface area contributed by atoms with Crippen molar-refractivity contribution in [2.45, 2.75) is 19.9 Å². The van der Waals surface area contributed by atoms with Crippen LogP contribution in [0.3, 0.4) is 0 Å². The Bertz CT molecular complexity index is 762. The minimum absolute atomic E-state index is 0.449. The van der Waals surface area contributed by atoms with E-state index in [1.54, 1.807) is 14.2 Å². The molecular formula is C20H25F2N3O2. The van der Waals surface area contributed by atoms with Gasteiger partial charge in [0.25, 0.3) is 0 Å². The Labute approximate surface area is 158 Å². The lowest BCUT2D eigenvalue weighted by Gasteiger charge is -2.12. The summed E-state index contributed by atoms with van der Waals surface area (Å²) in [6.45, 7) is 3.62. The molecule has 0 amide bonds. The second-order valence-corrected chi connectivity index (χ2v) is 5.84. The Kier molecular flexibility index (Phi) is 7.85. The quantitative estimate of drug-likeness (QED) is 0.548. The maximum atomic E-state index is 13.2. The fourth-order valence-electron chi connectivity index (χ4n) is 2.57. The van der Waals surface area contributed by atoms with Crippen molar-refractivity contribution in [2.24, 2.45) is 4.99 Å². The first kappa shape index (κ1) is 20.5. The zero-order valence-electron chi connectivity index (χ0n) is 15.8. The molecule has 0 spiro atoms. The van der Waals surface area contributed by atoms with Crippen LogP contribution < -0.4 is 20.1 Å². The summed E-state index contributed by atoms with van der Waals surface area (Å²) in [5.74, 6) is 0.802. The monoisotopic (exact) mass is 377 g/mol. The average Bonchev–Trinajstić information content (AvgIpc) is 2.65. The number of nitrogens with zero attached hydrogens (tertiary/aromatic N) is 1. The van der Waals surface area contributed by atoms with E-state index in [2.05, 4.69) is 15.6 Å². The van der Waals surface area contributed by atoms with Crippen molar-refractivity contribution in [2.75, 3.05) is 27.3 Å². The molecule has 2 aromatic rings. The fourth-order valence-corrected chi connectivity index (χ4v) is 2.57. The van der Waals surface area contributed by atoms with Crippen molar-refractivity contribution in [3.8, 4) is 11.5 Å². The molecule has 0 aliphatic carbocycles. The van der Waals surface area contributed by atoms with Gasteiger partial charge in [0.2, 0.25) is 0 Å². The third kappa shape index (κ3) is 6.44. The molecule has 5 nitrogen and oxygen atoms in total. The molecule has 0 unspecified atom stereocenters. The van der Waals surface area contributed by atoms with Crippen molar-refractivity contribution in [1.29, 1.82) is 0 Å². The number of aliphatic imine (C=N–C) groups is 1. The Morgan fingerprint density at radius 3 is 2.26 bits per heavy atom. The van der Waals surface area contributed by atoms with Crippen molar-refractivity contribution in [1.82, 2.24) is 10.6 Å². The Morgan fingerprint density at radius 1 is 0.926 bits per heavy atom. The zero-order chi connectivity index (χ0) is 19.6. The van der Waals surface area contributed by atoms with Gasteiger partial charge in [-0.2, -0.15) is 0 Å². The van der Waals surface area contributed by atoms with E-state index in [-0.39, 0.29) is 0 Å². The average molecular weight is 377 g/mol. The molecule has 0 bridgehead atoms. The lowest BCUT2D eigenvalue weighted by atomic mass is 10.1. The summed E-state index contributed by atoms with van der Waals surface area (Å²) < 4.78 is 37.0. The van der Waals surface area contributed by atoms with Crippen LogP contribution in [0.2, 0.25) is 0 Å². The normalized spacial score (nSPS) is 11.2. The smallest absolute Gasteiger partial charge is 0.191 e. The van der Waals surface area contributed by atoms with Gasteiger partial charge in [-0.25, -0.2) is 13.8 Å². The first-order chi connectivity index (χ1) is 13.0. The summed E-state index contributed by atoms with van der Waals surface area (Å²) >= 11 is 0. The number of rotatable bonds is 8. The van der Waals surface area contributed by atoms with Crippen molar-refractivity contribution in [3.63, 3.8) is 0 Å². The van der Waals surface area contributed by atoms with E-state index in [4.69, 9.17) is 9.47 Å². The molecule has 27 heavy (non-hydrogen) atoms. The predicted molar refractivity (Wildman–Crippen MR) is 102 cm³/mol. The van der Waals surface area contributed by atoms with E-state index in [1.807, 2.05) is 25.1 Å². The lowest BCUT2D eigenvalue weighted by molar-refractivity contribution is 0.354. The number of hydrogen-bond donors (Lipinski definition) is 2. The first-order valence-corrected chi connectivity index (χ1v) is 8.73. The van der Waals surface area contributed by atoms with E-state index in [1.165, 1.54) is 12.1 Å². The minimum Gasteiger partial charge on any atom is -0.493 e. The maximum absolute atomic E-state index is 13.2. The number of guanidine groups is 1. The third-order valence-electron chi connectivity index (χ3n) is 3.84. The van der Waals surface area contributed by atoms with Crippen LogP contribution in [0.5, 0.6) is 11.5 Å². The Hall–Kier alpha value is -2.83. The van der Waals surface area contributed by atoms with Crippen LogP contribution in [0, 0.1) is 11.6 Å². The van der Waals surface area contributed by atoms with Gasteiger partial charge in [0.05, 0.1) is 20.8 Å².